The number of aryl methyl sites for hydroxylation is 1. The SMILES string of the molecule is CCCCCCCCSCC(CC)OC(O)CCc1cc(C(C)(C)C)c(O)c(C(C)(C)C)c1. The summed E-state index contributed by atoms with van der Waals surface area (Å²) in [7, 11) is 0. The molecule has 33 heavy (non-hydrogen) atoms. The molecule has 3 nitrogen and oxygen atoms in total. The van der Waals surface area contributed by atoms with Crippen LogP contribution in [0.4, 0.5) is 0 Å². The van der Waals surface area contributed by atoms with Crippen LogP contribution in [0.1, 0.15) is 123 Å². The Morgan fingerprint density at radius 3 is 1.94 bits per heavy atom. The first-order valence-corrected chi connectivity index (χ1v) is 14.3. The molecule has 0 aliphatic heterocycles. The van der Waals surface area contributed by atoms with Gasteiger partial charge in [-0.1, -0.05) is 99.6 Å². The molecule has 0 heterocycles. The van der Waals surface area contributed by atoms with Crippen molar-refractivity contribution in [2.75, 3.05) is 11.5 Å². The van der Waals surface area contributed by atoms with Gasteiger partial charge >= 0.3 is 0 Å². The minimum Gasteiger partial charge on any atom is -0.507 e. The third-order valence-corrected chi connectivity index (χ3v) is 7.40. The number of hydrogen-bond acceptors (Lipinski definition) is 4. The van der Waals surface area contributed by atoms with Crippen LogP contribution < -0.4 is 0 Å². The number of rotatable bonds is 15. The predicted octanol–water partition coefficient (Wildman–Crippen LogP) is 8.13. The number of phenolic OH excluding ortho intramolecular Hbond substituents is 1. The van der Waals surface area contributed by atoms with Gasteiger partial charge in [-0.2, -0.15) is 11.8 Å². The van der Waals surface area contributed by atoms with Gasteiger partial charge < -0.3 is 14.9 Å². The van der Waals surface area contributed by atoms with Crippen molar-refractivity contribution in [1.29, 1.82) is 0 Å². The van der Waals surface area contributed by atoms with Crippen molar-refractivity contribution in [3.8, 4) is 5.75 Å². The van der Waals surface area contributed by atoms with E-state index < -0.39 is 6.29 Å². The molecule has 0 radical (unpaired) electrons. The van der Waals surface area contributed by atoms with Crippen LogP contribution in [-0.4, -0.2) is 34.1 Å². The van der Waals surface area contributed by atoms with Crippen molar-refractivity contribution in [3.05, 3.63) is 28.8 Å². The molecular formula is C29H52O3S. The minimum atomic E-state index is -0.755. The Morgan fingerprint density at radius 2 is 1.42 bits per heavy atom. The van der Waals surface area contributed by atoms with Gasteiger partial charge in [-0.3, -0.25) is 0 Å². The van der Waals surface area contributed by atoms with Crippen molar-refractivity contribution >= 4 is 11.8 Å². The molecular weight excluding hydrogens is 428 g/mol. The lowest BCUT2D eigenvalue weighted by Crippen LogP contribution is -2.24. The fourth-order valence-corrected chi connectivity index (χ4v) is 5.17. The second-order valence-electron chi connectivity index (χ2n) is 11.5. The Hall–Kier alpha value is -0.710. The highest BCUT2D eigenvalue weighted by Gasteiger charge is 2.26. The molecule has 4 heteroatoms. The Labute approximate surface area is 209 Å². The average Bonchev–Trinajstić information content (AvgIpc) is 2.72. The van der Waals surface area contributed by atoms with Crippen molar-refractivity contribution < 1.29 is 14.9 Å². The van der Waals surface area contributed by atoms with Gasteiger partial charge in [0.1, 0.15) is 5.75 Å². The van der Waals surface area contributed by atoms with Crippen molar-refractivity contribution in [2.45, 2.75) is 136 Å². The number of thioether (sulfide) groups is 1. The Bertz CT molecular complexity index is 637. The fraction of sp³-hybridized carbons (Fsp3) is 0.793. The van der Waals surface area contributed by atoms with Gasteiger partial charge in [0, 0.05) is 12.2 Å². The third-order valence-electron chi connectivity index (χ3n) is 6.22. The van der Waals surface area contributed by atoms with Crippen molar-refractivity contribution in [3.63, 3.8) is 0 Å². The summed E-state index contributed by atoms with van der Waals surface area (Å²) in [4.78, 5) is 0. The zero-order valence-electron chi connectivity index (χ0n) is 22.8. The summed E-state index contributed by atoms with van der Waals surface area (Å²) >= 11 is 1.95. The number of aliphatic hydroxyl groups is 1. The van der Waals surface area contributed by atoms with Gasteiger partial charge in [-0.25, -0.2) is 0 Å². The van der Waals surface area contributed by atoms with E-state index in [0.29, 0.717) is 12.2 Å². The zero-order valence-corrected chi connectivity index (χ0v) is 23.6. The molecule has 1 aromatic rings. The van der Waals surface area contributed by atoms with Gasteiger partial charge in [0.2, 0.25) is 0 Å². The number of benzene rings is 1. The van der Waals surface area contributed by atoms with Crippen molar-refractivity contribution in [2.24, 2.45) is 0 Å². The van der Waals surface area contributed by atoms with Crippen LogP contribution in [0.2, 0.25) is 0 Å². The highest BCUT2D eigenvalue weighted by Crippen LogP contribution is 2.40. The fourth-order valence-electron chi connectivity index (χ4n) is 4.01. The van der Waals surface area contributed by atoms with Gasteiger partial charge in [0.05, 0.1) is 6.10 Å². The van der Waals surface area contributed by atoms with Gasteiger partial charge in [-0.15, -0.1) is 0 Å². The number of aromatic hydroxyl groups is 1. The van der Waals surface area contributed by atoms with E-state index >= 15 is 0 Å². The molecule has 0 aromatic heterocycles. The van der Waals surface area contributed by atoms with E-state index in [1.807, 2.05) is 11.8 Å². The molecule has 2 unspecified atom stereocenters. The zero-order chi connectivity index (χ0) is 25.1. The smallest absolute Gasteiger partial charge is 0.155 e. The maximum atomic E-state index is 10.9. The highest BCUT2D eigenvalue weighted by molar-refractivity contribution is 7.99. The first kappa shape index (κ1) is 30.3. The molecule has 0 saturated heterocycles. The summed E-state index contributed by atoms with van der Waals surface area (Å²) in [6, 6.07) is 4.20. The molecule has 2 N–H and O–H groups in total. The van der Waals surface area contributed by atoms with E-state index in [1.165, 1.54) is 44.3 Å². The lowest BCUT2D eigenvalue weighted by atomic mass is 9.78. The molecule has 1 aromatic carbocycles. The van der Waals surface area contributed by atoms with E-state index in [9.17, 15) is 10.2 Å². The van der Waals surface area contributed by atoms with Crippen molar-refractivity contribution in [1.82, 2.24) is 0 Å². The quantitative estimate of drug-likeness (QED) is 0.196. The van der Waals surface area contributed by atoms with Gasteiger partial charge in [-0.05, 0) is 52.5 Å². The molecule has 0 aliphatic rings. The van der Waals surface area contributed by atoms with Gasteiger partial charge in [0.15, 0.2) is 6.29 Å². The van der Waals surface area contributed by atoms with Crippen LogP contribution in [0.25, 0.3) is 0 Å². The van der Waals surface area contributed by atoms with Crippen LogP contribution >= 0.6 is 11.8 Å². The maximum Gasteiger partial charge on any atom is 0.155 e. The molecule has 0 spiro atoms. The van der Waals surface area contributed by atoms with E-state index in [4.69, 9.17) is 4.74 Å². The molecule has 2 atom stereocenters. The summed E-state index contributed by atoms with van der Waals surface area (Å²) in [6.45, 7) is 17.2. The molecule has 0 bridgehead atoms. The average molecular weight is 481 g/mol. The van der Waals surface area contributed by atoms with Crippen LogP contribution in [0, 0.1) is 0 Å². The number of hydrogen-bond donors (Lipinski definition) is 2. The summed E-state index contributed by atoms with van der Waals surface area (Å²) in [6.07, 6.45) is 9.54. The molecule has 0 aliphatic carbocycles. The van der Waals surface area contributed by atoms with E-state index in [0.717, 1.165) is 35.3 Å². The van der Waals surface area contributed by atoms with Crippen LogP contribution in [0.5, 0.6) is 5.75 Å². The minimum absolute atomic E-state index is 0.0974. The second-order valence-corrected chi connectivity index (χ2v) is 12.7. The third kappa shape index (κ3) is 11.5. The number of ether oxygens (including phenoxy) is 1. The largest absolute Gasteiger partial charge is 0.507 e. The summed E-state index contributed by atoms with van der Waals surface area (Å²) in [5.74, 6) is 2.54. The normalized spacial score (nSPS) is 14.5. The Balaban J connectivity index is 2.59. The predicted molar refractivity (Wildman–Crippen MR) is 146 cm³/mol. The first-order chi connectivity index (χ1) is 15.4. The topological polar surface area (TPSA) is 49.7 Å². The number of phenols is 1. The molecule has 0 fully saturated rings. The Morgan fingerprint density at radius 1 is 0.879 bits per heavy atom. The number of unbranched alkanes of at least 4 members (excludes halogenated alkanes) is 5. The standard InChI is InChI=1S/C29H52O3S/c1-9-11-12-13-14-15-18-33-21-23(10-2)32-26(30)17-16-22-19-24(28(3,4)5)27(31)25(20-22)29(6,7)8/h19-20,23,26,30-31H,9-18,21H2,1-8H3. The molecule has 1 rings (SSSR count). The molecule has 192 valence electrons. The lowest BCUT2D eigenvalue weighted by molar-refractivity contribution is -0.132. The van der Waals surface area contributed by atoms with E-state index in [2.05, 4.69) is 67.5 Å². The molecule has 0 amide bonds. The Kier molecular flexibility index (Phi) is 13.4. The van der Waals surface area contributed by atoms with Crippen LogP contribution in [0.15, 0.2) is 12.1 Å². The summed E-state index contributed by atoms with van der Waals surface area (Å²) in [5, 5.41) is 21.5. The second kappa shape index (κ2) is 14.6. The first-order valence-electron chi connectivity index (χ1n) is 13.2. The monoisotopic (exact) mass is 480 g/mol. The van der Waals surface area contributed by atoms with Crippen LogP contribution in [0.3, 0.4) is 0 Å². The van der Waals surface area contributed by atoms with E-state index in [-0.39, 0.29) is 16.9 Å². The lowest BCUT2D eigenvalue weighted by Gasteiger charge is -2.28. The van der Waals surface area contributed by atoms with Gasteiger partial charge in [0.25, 0.3) is 0 Å². The maximum absolute atomic E-state index is 10.9. The van der Waals surface area contributed by atoms with Crippen LogP contribution in [-0.2, 0) is 22.0 Å². The van der Waals surface area contributed by atoms with E-state index in [1.54, 1.807) is 0 Å². The summed E-state index contributed by atoms with van der Waals surface area (Å²) < 4.78 is 5.99. The highest BCUT2D eigenvalue weighted by atomic mass is 32.2. The number of aliphatic hydroxyl groups excluding tert-OH is 1. The summed E-state index contributed by atoms with van der Waals surface area (Å²) in [5.41, 5.74) is 2.80. The molecule has 0 saturated carbocycles.